The summed E-state index contributed by atoms with van der Waals surface area (Å²) in [6.45, 7) is 2.11. The van der Waals surface area contributed by atoms with Crippen molar-refractivity contribution in [3.05, 3.63) is 34.9 Å². The van der Waals surface area contributed by atoms with Gasteiger partial charge in [-0.15, -0.1) is 0 Å². The summed E-state index contributed by atoms with van der Waals surface area (Å²) in [7, 11) is 0. The highest BCUT2D eigenvalue weighted by molar-refractivity contribution is 6.30. The third-order valence-corrected chi connectivity index (χ3v) is 3.12. The van der Waals surface area contributed by atoms with Crippen LogP contribution >= 0.6 is 11.6 Å². The van der Waals surface area contributed by atoms with Gasteiger partial charge in [-0.1, -0.05) is 23.7 Å². The first-order chi connectivity index (χ1) is 6.81. The summed E-state index contributed by atoms with van der Waals surface area (Å²) in [5, 5.41) is 13.2. The zero-order chi connectivity index (χ0) is 9.97. The van der Waals surface area contributed by atoms with E-state index >= 15 is 0 Å². The van der Waals surface area contributed by atoms with Crippen molar-refractivity contribution in [1.29, 1.82) is 0 Å². The van der Waals surface area contributed by atoms with Gasteiger partial charge < -0.3 is 10.4 Å². The van der Waals surface area contributed by atoms with Crippen LogP contribution in [0.4, 0.5) is 0 Å². The molecule has 76 valence electrons. The molecule has 1 aromatic rings. The van der Waals surface area contributed by atoms with Gasteiger partial charge in [0, 0.05) is 36.6 Å². The summed E-state index contributed by atoms with van der Waals surface area (Å²) in [6, 6.07) is 7.90. The van der Waals surface area contributed by atoms with E-state index in [2.05, 4.69) is 5.32 Å². The molecule has 1 saturated heterocycles. The van der Waals surface area contributed by atoms with Crippen LogP contribution in [0.2, 0.25) is 5.02 Å². The molecular formula is C11H14ClNO. The molecule has 0 spiro atoms. The van der Waals surface area contributed by atoms with Crippen molar-refractivity contribution in [2.75, 3.05) is 19.7 Å². The van der Waals surface area contributed by atoms with Gasteiger partial charge in [-0.2, -0.15) is 0 Å². The number of nitrogens with one attached hydrogen (secondary N) is 1. The molecule has 0 aliphatic carbocycles. The Morgan fingerprint density at radius 1 is 1.29 bits per heavy atom. The van der Waals surface area contributed by atoms with Gasteiger partial charge in [-0.25, -0.2) is 0 Å². The predicted octanol–water partition coefficient (Wildman–Crippen LogP) is 1.64. The molecule has 0 saturated carbocycles. The van der Waals surface area contributed by atoms with Crippen LogP contribution in [0.5, 0.6) is 0 Å². The van der Waals surface area contributed by atoms with E-state index in [0.717, 1.165) is 18.1 Å². The summed E-state index contributed by atoms with van der Waals surface area (Å²) in [4.78, 5) is 0. The Hall–Kier alpha value is -0.570. The Bertz CT molecular complexity index is 299. The van der Waals surface area contributed by atoms with Crippen LogP contribution in [0.15, 0.2) is 24.3 Å². The van der Waals surface area contributed by atoms with Gasteiger partial charge in [-0.05, 0) is 17.7 Å². The SMILES string of the molecule is OC[C@@H]1CNC[C@H]1c1ccc(Cl)cc1. The van der Waals surface area contributed by atoms with Crippen LogP contribution in [0.3, 0.4) is 0 Å². The third-order valence-electron chi connectivity index (χ3n) is 2.87. The standard InChI is InChI=1S/C11H14ClNO/c12-10-3-1-8(2-4-10)11-6-13-5-9(11)7-14/h1-4,9,11,13-14H,5-7H2/t9-,11-/m0/s1. The lowest BCUT2D eigenvalue weighted by atomic mass is 9.90. The highest BCUT2D eigenvalue weighted by Gasteiger charge is 2.27. The fraction of sp³-hybridized carbons (Fsp3) is 0.455. The highest BCUT2D eigenvalue weighted by atomic mass is 35.5. The molecule has 0 bridgehead atoms. The largest absolute Gasteiger partial charge is 0.396 e. The third kappa shape index (κ3) is 1.92. The molecule has 2 N–H and O–H groups in total. The topological polar surface area (TPSA) is 32.3 Å². The highest BCUT2D eigenvalue weighted by Crippen LogP contribution is 2.28. The molecule has 2 atom stereocenters. The van der Waals surface area contributed by atoms with Crippen molar-refractivity contribution in [2.24, 2.45) is 5.92 Å². The van der Waals surface area contributed by atoms with Crippen LogP contribution in [-0.4, -0.2) is 24.8 Å². The van der Waals surface area contributed by atoms with Gasteiger partial charge in [0.25, 0.3) is 0 Å². The molecule has 1 aliphatic heterocycles. The minimum Gasteiger partial charge on any atom is -0.396 e. The van der Waals surface area contributed by atoms with Crippen molar-refractivity contribution < 1.29 is 5.11 Å². The van der Waals surface area contributed by atoms with Crippen LogP contribution in [-0.2, 0) is 0 Å². The number of halogens is 1. The Kier molecular flexibility index (Phi) is 3.06. The van der Waals surface area contributed by atoms with Gasteiger partial charge >= 0.3 is 0 Å². The van der Waals surface area contributed by atoms with E-state index in [1.54, 1.807) is 0 Å². The van der Waals surface area contributed by atoms with Crippen molar-refractivity contribution in [3.8, 4) is 0 Å². The summed E-state index contributed by atoms with van der Waals surface area (Å²) in [6.07, 6.45) is 0. The Labute approximate surface area is 88.9 Å². The quantitative estimate of drug-likeness (QED) is 0.780. The molecule has 2 nitrogen and oxygen atoms in total. The van der Waals surface area contributed by atoms with E-state index < -0.39 is 0 Å². The Morgan fingerprint density at radius 2 is 2.00 bits per heavy atom. The molecule has 1 aliphatic rings. The Balaban J connectivity index is 2.17. The van der Waals surface area contributed by atoms with Crippen LogP contribution in [0, 0.1) is 5.92 Å². The first-order valence-corrected chi connectivity index (χ1v) is 5.26. The predicted molar refractivity (Wildman–Crippen MR) is 57.6 cm³/mol. The molecule has 0 amide bonds. The van der Waals surface area contributed by atoms with E-state index in [-0.39, 0.29) is 6.61 Å². The zero-order valence-electron chi connectivity index (χ0n) is 7.91. The lowest BCUT2D eigenvalue weighted by Gasteiger charge is -2.16. The molecule has 2 rings (SSSR count). The number of aliphatic hydroxyl groups excluding tert-OH is 1. The second-order valence-corrected chi connectivity index (χ2v) is 4.20. The van der Waals surface area contributed by atoms with E-state index in [4.69, 9.17) is 11.6 Å². The molecule has 0 unspecified atom stereocenters. The molecule has 1 aromatic carbocycles. The van der Waals surface area contributed by atoms with E-state index in [0.29, 0.717) is 11.8 Å². The zero-order valence-corrected chi connectivity index (χ0v) is 8.67. The summed E-state index contributed by atoms with van der Waals surface area (Å²) in [5.74, 6) is 0.772. The molecular weight excluding hydrogens is 198 g/mol. The van der Waals surface area contributed by atoms with Crippen molar-refractivity contribution in [3.63, 3.8) is 0 Å². The lowest BCUT2D eigenvalue weighted by Crippen LogP contribution is -2.14. The normalized spacial score (nSPS) is 26.7. The maximum absolute atomic E-state index is 9.19. The Morgan fingerprint density at radius 3 is 2.64 bits per heavy atom. The summed E-state index contributed by atoms with van der Waals surface area (Å²) < 4.78 is 0. The molecule has 0 radical (unpaired) electrons. The molecule has 1 heterocycles. The van der Waals surface area contributed by atoms with Gasteiger partial charge in [0.1, 0.15) is 0 Å². The first kappa shape index (κ1) is 9.97. The number of hydrogen-bond acceptors (Lipinski definition) is 2. The summed E-state index contributed by atoms with van der Waals surface area (Å²) in [5.41, 5.74) is 1.26. The van der Waals surface area contributed by atoms with Crippen LogP contribution < -0.4 is 5.32 Å². The monoisotopic (exact) mass is 211 g/mol. The molecule has 0 aromatic heterocycles. The maximum atomic E-state index is 9.19. The van der Waals surface area contributed by atoms with E-state index in [1.807, 2.05) is 24.3 Å². The maximum Gasteiger partial charge on any atom is 0.0477 e. The minimum atomic E-state index is 0.250. The minimum absolute atomic E-state index is 0.250. The van der Waals surface area contributed by atoms with Gasteiger partial charge in [-0.3, -0.25) is 0 Å². The number of benzene rings is 1. The summed E-state index contributed by atoms with van der Waals surface area (Å²) >= 11 is 5.82. The second-order valence-electron chi connectivity index (χ2n) is 3.76. The number of hydrogen-bond donors (Lipinski definition) is 2. The van der Waals surface area contributed by atoms with Gasteiger partial charge in [0.05, 0.1) is 0 Å². The van der Waals surface area contributed by atoms with E-state index in [1.165, 1.54) is 5.56 Å². The average Bonchev–Trinajstić information content (AvgIpc) is 2.67. The van der Waals surface area contributed by atoms with Crippen molar-refractivity contribution >= 4 is 11.6 Å². The fourth-order valence-corrected chi connectivity index (χ4v) is 2.15. The smallest absolute Gasteiger partial charge is 0.0477 e. The van der Waals surface area contributed by atoms with Crippen LogP contribution in [0.1, 0.15) is 11.5 Å². The molecule has 3 heteroatoms. The fourth-order valence-electron chi connectivity index (χ4n) is 2.02. The average molecular weight is 212 g/mol. The van der Waals surface area contributed by atoms with Gasteiger partial charge in [0.2, 0.25) is 0 Å². The van der Waals surface area contributed by atoms with Crippen molar-refractivity contribution in [1.82, 2.24) is 5.32 Å². The van der Waals surface area contributed by atoms with E-state index in [9.17, 15) is 5.11 Å². The van der Waals surface area contributed by atoms with Gasteiger partial charge in [0.15, 0.2) is 0 Å². The molecule has 14 heavy (non-hydrogen) atoms. The molecule has 1 fully saturated rings. The van der Waals surface area contributed by atoms with Crippen LogP contribution in [0.25, 0.3) is 0 Å². The van der Waals surface area contributed by atoms with Crippen molar-refractivity contribution in [2.45, 2.75) is 5.92 Å². The number of aliphatic hydroxyl groups is 1. The first-order valence-electron chi connectivity index (χ1n) is 4.88. The second kappa shape index (κ2) is 4.30. The number of rotatable bonds is 2. The lowest BCUT2D eigenvalue weighted by molar-refractivity contribution is 0.226.